The number of nitrogens with zero attached hydrogens (tertiary/aromatic N) is 2. The number of carbonyl (C=O) groups excluding carboxylic acids is 1. The molecule has 2 aromatic rings. The van der Waals surface area contributed by atoms with Crippen molar-refractivity contribution >= 4 is 32.4 Å². The Morgan fingerprint density at radius 1 is 1.15 bits per heavy atom. The van der Waals surface area contributed by atoms with Gasteiger partial charge in [0.05, 0.1) is 10.6 Å². The van der Waals surface area contributed by atoms with Crippen LogP contribution in [0.25, 0.3) is 0 Å². The Hall–Kier alpha value is -1.77. The molecule has 8 heteroatoms. The van der Waals surface area contributed by atoms with Crippen LogP contribution in [0.4, 0.5) is 5.13 Å². The van der Waals surface area contributed by atoms with Crippen molar-refractivity contribution in [2.45, 2.75) is 44.4 Å². The minimum Gasteiger partial charge on any atom is -0.298 e. The molecule has 1 aromatic heterocycles. The fourth-order valence-corrected chi connectivity index (χ4v) is 5.57. The van der Waals surface area contributed by atoms with Gasteiger partial charge in [-0.25, -0.2) is 13.4 Å². The molecule has 1 heterocycles. The smallest absolute Gasteiger partial charge is 0.257 e. The molecule has 0 unspecified atom stereocenters. The van der Waals surface area contributed by atoms with Crippen molar-refractivity contribution in [3.63, 3.8) is 0 Å². The highest BCUT2D eigenvalue weighted by Gasteiger charge is 2.22. The lowest BCUT2D eigenvalue weighted by Gasteiger charge is -2.18. The van der Waals surface area contributed by atoms with Crippen molar-refractivity contribution in [1.82, 2.24) is 9.29 Å². The largest absolute Gasteiger partial charge is 0.298 e. The number of anilines is 1. The molecule has 1 aliphatic rings. The molecule has 0 atom stereocenters. The first-order chi connectivity index (χ1) is 12.5. The molecule has 1 N–H and O–H groups in total. The SMILES string of the molecule is CCN(CC)S(=O)(=O)c1ccc(C(=O)Nc2nc3c(s2)CCCC3)cc1. The predicted octanol–water partition coefficient (Wildman–Crippen LogP) is 3.30. The number of nitrogens with one attached hydrogen (secondary N) is 1. The molecular formula is C18H23N3O3S2. The van der Waals surface area contributed by atoms with E-state index in [9.17, 15) is 13.2 Å². The van der Waals surface area contributed by atoms with Crippen LogP contribution in [0.3, 0.4) is 0 Å². The molecule has 26 heavy (non-hydrogen) atoms. The van der Waals surface area contributed by atoms with Crippen LogP contribution in [0.2, 0.25) is 0 Å². The van der Waals surface area contributed by atoms with Crippen LogP contribution in [0.5, 0.6) is 0 Å². The summed E-state index contributed by atoms with van der Waals surface area (Å²) < 4.78 is 26.4. The molecular weight excluding hydrogens is 370 g/mol. The zero-order chi connectivity index (χ0) is 18.7. The quantitative estimate of drug-likeness (QED) is 0.817. The van der Waals surface area contributed by atoms with E-state index >= 15 is 0 Å². The molecule has 0 radical (unpaired) electrons. The van der Waals surface area contributed by atoms with E-state index in [1.54, 1.807) is 26.0 Å². The van der Waals surface area contributed by atoms with Crippen LogP contribution in [0, 0.1) is 0 Å². The van der Waals surface area contributed by atoms with Crippen molar-refractivity contribution in [2.75, 3.05) is 18.4 Å². The molecule has 0 spiro atoms. The number of fused-ring (bicyclic) bond motifs is 1. The molecule has 0 fully saturated rings. The van der Waals surface area contributed by atoms with Gasteiger partial charge in [-0.05, 0) is 49.9 Å². The average Bonchev–Trinajstić information content (AvgIpc) is 3.04. The first kappa shape index (κ1) is 19.0. The van der Waals surface area contributed by atoms with Gasteiger partial charge in [-0.3, -0.25) is 10.1 Å². The number of sulfonamides is 1. The summed E-state index contributed by atoms with van der Waals surface area (Å²) in [5.41, 5.74) is 1.51. The number of hydrogen-bond acceptors (Lipinski definition) is 5. The van der Waals surface area contributed by atoms with E-state index in [2.05, 4.69) is 10.3 Å². The van der Waals surface area contributed by atoms with Crippen LogP contribution < -0.4 is 5.32 Å². The lowest BCUT2D eigenvalue weighted by Crippen LogP contribution is -2.30. The molecule has 3 rings (SSSR count). The highest BCUT2D eigenvalue weighted by molar-refractivity contribution is 7.89. The number of aromatic nitrogens is 1. The lowest BCUT2D eigenvalue weighted by atomic mass is 10.0. The van der Waals surface area contributed by atoms with Gasteiger partial charge >= 0.3 is 0 Å². The third kappa shape index (κ3) is 3.82. The van der Waals surface area contributed by atoms with E-state index in [1.165, 1.54) is 39.1 Å². The van der Waals surface area contributed by atoms with E-state index in [-0.39, 0.29) is 10.8 Å². The Bertz CT molecular complexity index is 861. The molecule has 1 amide bonds. The summed E-state index contributed by atoms with van der Waals surface area (Å²) >= 11 is 1.53. The zero-order valence-electron chi connectivity index (χ0n) is 15.0. The molecule has 0 saturated carbocycles. The Kier molecular flexibility index (Phi) is 5.74. The van der Waals surface area contributed by atoms with Crippen LogP contribution in [0.15, 0.2) is 29.2 Å². The van der Waals surface area contributed by atoms with Gasteiger partial charge in [0, 0.05) is 23.5 Å². The third-order valence-electron chi connectivity index (χ3n) is 4.53. The molecule has 1 aromatic carbocycles. The Balaban J connectivity index is 1.74. The van der Waals surface area contributed by atoms with Crippen molar-refractivity contribution in [3.05, 3.63) is 40.4 Å². The summed E-state index contributed by atoms with van der Waals surface area (Å²) in [6.45, 7) is 4.43. The second-order valence-corrected chi connectivity index (χ2v) is 9.19. The van der Waals surface area contributed by atoms with Gasteiger partial charge in [0.1, 0.15) is 0 Å². The fourth-order valence-electron chi connectivity index (χ4n) is 3.07. The highest BCUT2D eigenvalue weighted by Crippen LogP contribution is 2.29. The van der Waals surface area contributed by atoms with E-state index in [1.807, 2.05) is 0 Å². The van der Waals surface area contributed by atoms with Gasteiger partial charge in [-0.15, -0.1) is 11.3 Å². The maximum absolute atomic E-state index is 12.5. The normalized spacial score (nSPS) is 14.3. The zero-order valence-corrected chi connectivity index (χ0v) is 16.6. The third-order valence-corrected chi connectivity index (χ3v) is 7.66. The minimum atomic E-state index is -3.51. The molecule has 6 nitrogen and oxygen atoms in total. The number of aryl methyl sites for hydroxylation is 2. The maximum Gasteiger partial charge on any atom is 0.257 e. The Labute approximate surface area is 158 Å². The number of rotatable bonds is 6. The summed E-state index contributed by atoms with van der Waals surface area (Å²) in [5, 5.41) is 3.44. The van der Waals surface area contributed by atoms with E-state index in [0.717, 1.165) is 25.0 Å². The first-order valence-corrected chi connectivity index (χ1v) is 11.1. The number of carbonyl (C=O) groups is 1. The summed E-state index contributed by atoms with van der Waals surface area (Å²) in [5.74, 6) is -0.275. The van der Waals surface area contributed by atoms with Gasteiger partial charge in [0.15, 0.2) is 5.13 Å². The summed E-state index contributed by atoms with van der Waals surface area (Å²) in [4.78, 5) is 18.4. The van der Waals surface area contributed by atoms with E-state index in [0.29, 0.717) is 23.8 Å². The monoisotopic (exact) mass is 393 g/mol. The lowest BCUT2D eigenvalue weighted by molar-refractivity contribution is 0.102. The topological polar surface area (TPSA) is 79.4 Å². The standard InChI is InChI=1S/C18H23N3O3S2/c1-3-21(4-2)26(23,24)14-11-9-13(10-12-14)17(22)20-18-19-15-7-5-6-8-16(15)25-18/h9-12H,3-8H2,1-2H3,(H,19,20,22). The summed E-state index contributed by atoms with van der Waals surface area (Å²) in [6, 6.07) is 6.04. The first-order valence-electron chi connectivity index (χ1n) is 8.85. The molecule has 0 saturated heterocycles. The van der Waals surface area contributed by atoms with Crippen LogP contribution in [-0.2, 0) is 22.9 Å². The summed E-state index contributed by atoms with van der Waals surface area (Å²) in [6.07, 6.45) is 4.32. The van der Waals surface area contributed by atoms with E-state index in [4.69, 9.17) is 0 Å². The van der Waals surface area contributed by atoms with Crippen LogP contribution in [-0.4, -0.2) is 36.7 Å². The molecule has 140 valence electrons. The van der Waals surface area contributed by atoms with Gasteiger partial charge in [-0.1, -0.05) is 13.8 Å². The maximum atomic E-state index is 12.5. The van der Waals surface area contributed by atoms with E-state index < -0.39 is 10.0 Å². The Morgan fingerprint density at radius 3 is 2.42 bits per heavy atom. The van der Waals surface area contributed by atoms with Crippen molar-refractivity contribution in [2.24, 2.45) is 0 Å². The molecule has 0 aliphatic heterocycles. The van der Waals surface area contributed by atoms with Crippen molar-refractivity contribution in [3.8, 4) is 0 Å². The van der Waals surface area contributed by atoms with Crippen molar-refractivity contribution in [1.29, 1.82) is 0 Å². The predicted molar refractivity (Wildman–Crippen MR) is 103 cm³/mol. The van der Waals surface area contributed by atoms with Gasteiger partial charge in [-0.2, -0.15) is 4.31 Å². The molecule has 1 aliphatic carbocycles. The van der Waals surface area contributed by atoms with Crippen molar-refractivity contribution < 1.29 is 13.2 Å². The Morgan fingerprint density at radius 2 is 1.81 bits per heavy atom. The van der Waals surface area contributed by atoms with Crippen LogP contribution >= 0.6 is 11.3 Å². The number of amides is 1. The number of hydrogen-bond donors (Lipinski definition) is 1. The second-order valence-electron chi connectivity index (χ2n) is 6.16. The number of benzene rings is 1. The van der Waals surface area contributed by atoms with Gasteiger partial charge < -0.3 is 0 Å². The number of thiazole rings is 1. The second kappa shape index (κ2) is 7.85. The van der Waals surface area contributed by atoms with Gasteiger partial charge in [0.2, 0.25) is 10.0 Å². The minimum absolute atomic E-state index is 0.197. The molecule has 0 bridgehead atoms. The fraction of sp³-hybridized carbons (Fsp3) is 0.444. The van der Waals surface area contributed by atoms with Gasteiger partial charge in [0.25, 0.3) is 5.91 Å². The summed E-state index contributed by atoms with van der Waals surface area (Å²) in [7, 11) is -3.51. The van der Waals surface area contributed by atoms with Crippen LogP contribution in [0.1, 0.15) is 47.6 Å². The highest BCUT2D eigenvalue weighted by atomic mass is 32.2. The average molecular weight is 394 g/mol.